The van der Waals surface area contributed by atoms with Crippen molar-refractivity contribution in [3.63, 3.8) is 0 Å². The first-order chi connectivity index (χ1) is 25.6. The van der Waals surface area contributed by atoms with Gasteiger partial charge in [0.1, 0.15) is 5.75 Å². The fourth-order valence-electron chi connectivity index (χ4n) is 10.7. The number of nitrogens with zero attached hydrogens (tertiary/aromatic N) is 4. The summed E-state index contributed by atoms with van der Waals surface area (Å²) in [5.74, 6) is 3.06. The zero-order chi connectivity index (χ0) is 35.0. The number of carbonyl (C=O) groups excluding carboxylic acids is 1. The summed E-state index contributed by atoms with van der Waals surface area (Å²) in [4.78, 5) is 23.1. The van der Waals surface area contributed by atoms with Crippen LogP contribution in [0.4, 0.5) is 11.4 Å². The van der Waals surface area contributed by atoms with Gasteiger partial charge in [0, 0.05) is 101 Å². The van der Waals surface area contributed by atoms with Crippen LogP contribution < -0.4 is 15.1 Å². The number of carbonyl (C=O) groups is 1. The molecule has 52 heavy (non-hydrogen) atoms. The summed E-state index contributed by atoms with van der Waals surface area (Å²) >= 11 is 0. The second-order valence-corrected chi connectivity index (χ2v) is 16.6. The first-order valence-electron chi connectivity index (χ1n) is 20.4. The van der Waals surface area contributed by atoms with E-state index < -0.39 is 0 Å². The molecule has 8 heteroatoms. The van der Waals surface area contributed by atoms with Crippen LogP contribution in [0, 0.1) is 17.8 Å². The van der Waals surface area contributed by atoms with Gasteiger partial charge in [-0.1, -0.05) is 18.2 Å². The number of aryl methyl sites for hydroxylation is 1. The molecule has 4 saturated heterocycles. The number of anilines is 2. The number of hydrogen-bond acceptors (Lipinski definition) is 7. The van der Waals surface area contributed by atoms with Crippen LogP contribution in [-0.2, 0) is 17.7 Å². The Morgan fingerprint density at radius 2 is 1.54 bits per heavy atom. The molecule has 9 rings (SSSR count). The molecule has 5 aliphatic heterocycles. The molecule has 0 bridgehead atoms. The predicted molar refractivity (Wildman–Crippen MR) is 208 cm³/mol. The lowest BCUT2D eigenvalue weighted by Crippen LogP contribution is -2.49. The summed E-state index contributed by atoms with van der Waals surface area (Å²) in [5.41, 5.74) is 8.91. The van der Waals surface area contributed by atoms with Crippen molar-refractivity contribution in [2.75, 3.05) is 81.9 Å². The second-order valence-electron chi connectivity index (χ2n) is 16.6. The SMILES string of the molecule is O=C1c2ccc(N3CCN(CC4CCN(c5ccc([C@@H]6c7ccc(O)cc7CC[C@@H]6C6CCOCC6)cc5)CC4)CC3)cc2CN1C1CCCNC1. The van der Waals surface area contributed by atoms with Crippen molar-refractivity contribution in [1.29, 1.82) is 0 Å². The number of hydrogen-bond donors (Lipinski definition) is 2. The average molecular weight is 704 g/mol. The Bertz CT molecular complexity index is 1700. The molecule has 4 fully saturated rings. The predicted octanol–water partition coefficient (Wildman–Crippen LogP) is 6.26. The second kappa shape index (κ2) is 15.0. The minimum absolute atomic E-state index is 0.218. The van der Waals surface area contributed by atoms with Crippen molar-refractivity contribution in [2.24, 2.45) is 17.8 Å². The number of piperidine rings is 2. The largest absolute Gasteiger partial charge is 0.508 e. The number of aromatic hydroxyl groups is 1. The number of phenolic OH excluding ortho intramolecular Hbond substituents is 1. The summed E-state index contributed by atoms with van der Waals surface area (Å²) < 4.78 is 5.75. The topological polar surface area (TPSA) is 71.5 Å². The van der Waals surface area contributed by atoms with Gasteiger partial charge in [0.05, 0.1) is 0 Å². The quantitative estimate of drug-likeness (QED) is 0.301. The van der Waals surface area contributed by atoms with E-state index in [1.54, 1.807) is 0 Å². The van der Waals surface area contributed by atoms with Crippen LogP contribution in [0.25, 0.3) is 0 Å². The first-order valence-corrected chi connectivity index (χ1v) is 20.4. The maximum atomic E-state index is 13.2. The van der Waals surface area contributed by atoms with Gasteiger partial charge in [-0.2, -0.15) is 0 Å². The molecule has 2 N–H and O–H groups in total. The van der Waals surface area contributed by atoms with Gasteiger partial charge in [-0.05, 0) is 140 Å². The van der Waals surface area contributed by atoms with Gasteiger partial charge in [0.25, 0.3) is 5.91 Å². The molecule has 8 nitrogen and oxygen atoms in total. The van der Waals surface area contributed by atoms with Crippen LogP contribution in [-0.4, -0.2) is 99.0 Å². The third kappa shape index (κ3) is 6.94. The van der Waals surface area contributed by atoms with E-state index in [2.05, 4.69) is 73.4 Å². The normalized spacial score (nSPS) is 26.4. The molecule has 0 spiro atoms. The molecule has 3 atom stereocenters. The Hall–Kier alpha value is -3.59. The molecular formula is C44H57N5O3. The molecule has 5 heterocycles. The van der Waals surface area contributed by atoms with Crippen LogP contribution in [0.1, 0.15) is 83.5 Å². The van der Waals surface area contributed by atoms with E-state index in [1.165, 1.54) is 59.4 Å². The molecule has 1 aliphatic carbocycles. The molecular weight excluding hydrogens is 647 g/mol. The van der Waals surface area contributed by atoms with Gasteiger partial charge >= 0.3 is 0 Å². The summed E-state index contributed by atoms with van der Waals surface area (Å²) in [5, 5.41) is 13.7. The van der Waals surface area contributed by atoms with Crippen molar-refractivity contribution in [1.82, 2.24) is 15.1 Å². The summed E-state index contributed by atoms with van der Waals surface area (Å²) in [7, 11) is 0. The van der Waals surface area contributed by atoms with Gasteiger partial charge in [0.15, 0.2) is 0 Å². The van der Waals surface area contributed by atoms with E-state index in [1.807, 2.05) is 12.1 Å². The number of ether oxygens (including phenoxy) is 1. The molecule has 1 unspecified atom stereocenters. The first kappa shape index (κ1) is 34.2. The lowest BCUT2D eigenvalue weighted by molar-refractivity contribution is 0.0404. The van der Waals surface area contributed by atoms with Gasteiger partial charge in [-0.3, -0.25) is 9.69 Å². The molecule has 3 aromatic rings. The van der Waals surface area contributed by atoms with Crippen molar-refractivity contribution in [3.8, 4) is 5.75 Å². The summed E-state index contributed by atoms with van der Waals surface area (Å²) in [6.07, 6.45) is 9.31. The fraction of sp³-hybridized carbons (Fsp3) is 0.568. The maximum absolute atomic E-state index is 13.2. The zero-order valence-corrected chi connectivity index (χ0v) is 30.9. The third-order valence-corrected chi connectivity index (χ3v) is 13.6. The molecule has 6 aliphatic rings. The summed E-state index contributed by atoms with van der Waals surface area (Å²) in [6, 6.07) is 22.5. The van der Waals surface area contributed by atoms with Gasteiger partial charge in [0.2, 0.25) is 0 Å². The number of nitrogens with one attached hydrogen (secondary N) is 1. The summed E-state index contributed by atoms with van der Waals surface area (Å²) in [6.45, 7) is 12.3. The number of rotatable bonds is 7. The zero-order valence-electron chi connectivity index (χ0n) is 30.9. The minimum Gasteiger partial charge on any atom is -0.508 e. The van der Waals surface area contributed by atoms with Crippen LogP contribution in [0.2, 0.25) is 0 Å². The number of benzene rings is 3. The van der Waals surface area contributed by atoms with E-state index in [0.717, 1.165) is 116 Å². The van der Waals surface area contributed by atoms with E-state index in [0.29, 0.717) is 29.5 Å². The van der Waals surface area contributed by atoms with Gasteiger partial charge in [-0.15, -0.1) is 0 Å². The molecule has 3 aromatic carbocycles. The highest BCUT2D eigenvalue weighted by atomic mass is 16.5. The van der Waals surface area contributed by atoms with Crippen molar-refractivity contribution in [3.05, 3.63) is 88.5 Å². The fourth-order valence-corrected chi connectivity index (χ4v) is 10.7. The van der Waals surface area contributed by atoms with Crippen LogP contribution >= 0.6 is 0 Å². The smallest absolute Gasteiger partial charge is 0.254 e. The average Bonchev–Trinajstić information content (AvgIpc) is 3.54. The van der Waals surface area contributed by atoms with E-state index in [9.17, 15) is 9.90 Å². The van der Waals surface area contributed by atoms with E-state index in [4.69, 9.17) is 4.74 Å². The van der Waals surface area contributed by atoms with Crippen LogP contribution in [0.3, 0.4) is 0 Å². The highest BCUT2D eigenvalue weighted by Crippen LogP contribution is 2.47. The van der Waals surface area contributed by atoms with Gasteiger partial charge < -0.3 is 29.9 Å². The Balaban J connectivity index is 0.776. The maximum Gasteiger partial charge on any atom is 0.254 e. The number of fused-ring (bicyclic) bond motifs is 2. The lowest BCUT2D eigenvalue weighted by Gasteiger charge is -2.41. The van der Waals surface area contributed by atoms with Crippen LogP contribution in [0.5, 0.6) is 5.75 Å². The Morgan fingerprint density at radius 3 is 2.31 bits per heavy atom. The van der Waals surface area contributed by atoms with Crippen molar-refractivity contribution < 1.29 is 14.6 Å². The third-order valence-electron chi connectivity index (χ3n) is 13.6. The standard InChI is InChI=1S/C44H57N5O3/c50-39-9-12-41-34(27-39)5-10-40(32-15-24-52-25-16-32)43(41)33-3-6-36(7-4-33)47-18-13-31(14-19-47)29-46-20-22-48(23-21-46)37-8-11-42-35(26-37)30-49(44(42)51)38-2-1-17-45-28-38/h3-4,6-9,11-12,26-27,31-32,38,40,43,45,50H,1-2,5,10,13-25,28-30H2/t38?,40-,43+/m1/s1. The lowest BCUT2D eigenvalue weighted by atomic mass is 9.65. The Morgan fingerprint density at radius 1 is 0.769 bits per heavy atom. The molecule has 276 valence electrons. The Kier molecular flexibility index (Phi) is 9.89. The van der Waals surface area contributed by atoms with Crippen LogP contribution in [0.15, 0.2) is 60.7 Å². The minimum atomic E-state index is 0.218. The van der Waals surface area contributed by atoms with E-state index >= 15 is 0 Å². The molecule has 0 radical (unpaired) electrons. The molecule has 0 aromatic heterocycles. The van der Waals surface area contributed by atoms with Gasteiger partial charge in [-0.25, -0.2) is 0 Å². The molecule has 1 amide bonds. The van der Waals surface area contributed by atoms with Crippen molar-refractivity contribution >= 4 is 17.3 Å². The highest BCUT2D eigenvalue weighted by molar-refractivity contribution is 5.99. The number of amides is 1. The highest BCUT2D eigenvalue weighted by Gasteiger charge is 2.37. The monoisotopic (exact) mass is 703 g/mol. The van der Waals surface area contributed by atoms with E-state index in [-0.39, 0.29) is 5.91 Å². The number of phenols is 1. The Labute approximate surface area is 310 Å². The van der Waals surface area contributed by atoms with Crippen molar-refractivity contribution in [2.45, 2.75) is 69.9 Å². The number of piperazine rings is 1. The molecule has 0 saturated carbocycles.